The van der Waals surface area contributed by atoms with Crippen LogP contribution in [-0.4, -0.2) is 22.0 Å². The van der Waals surface area contributed by atoms with Gasteiger partial charge in [-0.25, -0.2) is 4.39 Å². The van der Waals surface area contributed by atoms with Crippen LogP contribution in [0.4, 0.5) is 4.39 Å². The van der Waals surface area contributed by atoms with Gasteiger partial charge >= 0.3 is 0 Å². The highest BCUT2D eigenvalue weighted by molar-refractivity contribution is 5.40. The molecule has 0 aromatic heterocycles. The fraction of sp³-hybridized carbons (Fsp3) is 0.250. The van der Waals surface area contributed by atoms with Gasteiger partial charge in [0.25, 0.3) is 0 Å². The van der Waals surface area contributed by atoms with Gasteiger partial charge in [-0.2, -0.15) is 0 Å². The van der Waals surface area contributed by atoms with Gasteiger partial charge < -0.3 is 15.3 Å². The van der Waals surface area contributed by atoms with Crippen molar-refractivity contribution in [3.05, 3.63) is 23.8 Å². The number of aliphatic hydroxyl groups is 1. The number of halogens is 1. The Morgan fingerprint density at radius 2 is 2.00 bits per heavy atom. The van der Waals surface area contributed by atoms with E-state index in [1.54, 1.807) is 0 Å². The first-order valence-corrected chi connectivity index (χ1v) is 3.41. The molecule has 0 bridgehead atoms. The molecule has 0 spiro atoms. The predicted octanol–water partition coefficient (Wildman–Crippen LogP) is 1.10. The van der Waals surface area contributed by atoms with Gasteiger partial charge in [0.05, 0.1) is 0 Å². The van der Waals surface area contributed by atoms with E-state index in [1.165, 1.54) is 12.1 Å². The Kier molecular flexibility index (Phi) is 2.50. The molecule has 0 saturated carbocycles. The van der Waals surface area contributed by atoms with E-state index < -0.39 is 12.8 Å². The van der Waals surface area contributed by atoms with Gasteiger partial charge in [0, 0.05) is 11.6 Å². The topological polar surface area (TPSA) is 60.7 Å². The van der Waals surface area contributed by atoms with Gasteiger partial charge in [0.2, 0.25) is 0 Å². The summed E-state index contributed by atoms with van der Waals surface area (Å²) in [6.45, 7) is -0.960. The summed E-state index contributed by atoms with van der Waals surface area (Å²) in [5, 5.41) is 26.9. The lowest BCUT2D eigenvalue weighted by atomic mass is 10.1. The molecular weight excluding hydrogens is 163 g/mol. The van der Waals surface area contributed by atoms with E-state index in [2.05, 4.69) is 0 Å². The number of alkyl halides is 1. The molecule has 0 aliphatic heterocycles. The maximum absolute atomic E-state index is 11.9. The third-order valence-corrected chi connectivity index (χ3v) is 1.52. The van der Waals surface area contributed by atoms with Crippen molar-refractivity contribution in [2.45, 2.75) is 6.10 Å². The van der Waals surface area contributed by atoms with E-state index in [4.69, 9.17) is 15.3 Å². The summed E-state index contributed by atoms with van der Waals surface area (Å²) in [7, 11) is 0. The van der Waals surface area contributed by atoms with Gasteiger partial charge in [0.15, 0.2) is 0 Å². The predicted molar refractivity (Wildman–Crippen MR) is 40.7 cm³/mol. The van der Waals surface area contributed by atoms with Crippen molar-refractivity contribution in [1.29, 1.82) is 0 Å². The quantitative estimate of drug-likeness (QED) is 0.626. The molecule has 0 saturated heterocycles. The summed E-state index contributed by atoms with van der Waals surface area (Å²) in [6.07, 6.45) is -1.33. The zero-order valence-electron chi connectivity index (χ0n) is 6.24. The second kappa shape index (κ2) is 3.40. The molecule has 0 aliphatic carbocycles. The SMILES string of the molecule is Oc1ccc(C(O)CF)c(O)c1. The molecule has 66 valence electrons. The zero-order chi connectivity index (χ0) is 9.14. The largest absolute Gasteiger partial charge is 0.508 e. The summed E-state index contributed by atoms with van der Waals surface area (Å²) in [4.78, 5) is 0. The second-order valence-electron chi connectivity index (χ2n) is 2.41. The number of hydrogen-bond donors (Lipinski definition) is 3. The van der Waals surface area contributed by atoms with E-state index in [1.807, 2.05) is 0 Å². The Bertz CT molecular complexity index is 275. The molecular formula is C8H9FO3. The first kappa shape index (κ1) is 8.80. The molecule has 1 aromatic carbocycles. The standard InChI is InChI=1S/C8H9FO3/c9-4-8(12)6-2-1-5(10)3-7(6)11/h1-3,8,10-12H,4H2. The number of benzene rings is 1. The van der Waals surface area contributed by atoms with Crippen molar-refractivity contribution in [2.75, 3.05) is 6.67 Å². The van der Waals surface area contributed by atoms with Crippen molar-refractivity contribution in [3.8, 4) is 11.5 Å². The van der Waals surface area contributed by atoms with Crippen LogP contribution in [0.3, 0.4) is 0 Å². The molecule has 4 heteroatoms. The van der Waals surface area contributed by atoms with Gasteiger partial charge in [-0.15, -0.1) is 0 Å². The van der Waals surface area contributed by atoms with Crippen molar-refractivity contribution in [3.63, 3.8) is 0 Å². The average molecular weight is 172 g/mol. The number of aliphatic hydroxyl groups excluding tert-OH is 1. The van der Waals surface area contributed by atoms with Crippen molar-refractivity contribution < 1.29 is 19.7 Å². The van der Waals surface area contributed by atoms with E-state index >= 15 is 0 Å². The molecule has 3 nitrogen and oxygen atoms in total. The fourth-order valence-corrected chi connectivity index (χ4v) is 0.897. The third kappa shape index (κ3) is 1.65. The van der Waals surface area contributed by atoms with Gasteiger partial charge in [0.1, 0.15) is 24.3 Å². The molecule has 0 fully saturated rings. The number of rotatable bonds is 2. The number of hydrogen-bond acceptors (Lipinski definition) is 3. The third-order valence-electron chi connectivity index (χ3n) is 1.52. The molecule has 0 aliphatic rings. The lowest BCUT2D eigenvalue weighted by Crippen LogP contribution is -1.98. The molecule has 0 amide bonds. The highest BCUT2D eigenvalue weighted by atomic mass is 19.1. The smallest absolute Gasteiger partial charge is 0.125 e. The fourth-order valence-electron chi connectivity index (χ4n) is 0.897. The van der Waals surface area contributed by atoms with Crippen molar-refractivity contribution >= 4 is 0 Å². The molecule has 1 rings (SSSR count). The molecule has 1 unspecified atom stereocenters. The van der Waals surface area contributed by atoms with Crippen LogP contribution in [0.25, 0.3) is 0 Å². The van der Waals surface area contributed by atoms with E-state index in [0.717, 1.165) is 6.07 Å². The first-order valence-electron chi connectivity index (χ1n) is 3.41. The Labute approximate surface area is 68.7 Å². The molecule has 0 radical (unpaired) electrons. The average Bonchev–Trinajstić information content (AvgIpc) is 2.03. The Morgan fingerprint density at radius 1 is 1.33 bits per heavy atom. The second-order valence-corrected chi connectivity index (χ2v) is 2.41. The van der Waals surface area contributed by atoms with Crippen LogP contribution < -0.4 is 0 Å². The van der Waals surface area contributed by atoms with Crippen LogP contribution in [0.15, 0.2) is 18.2 Å². The van der Waals surface area contributed by atoms with Crippen LogP contribution in [-0.2, 0) is 0 Å². The number of aromatic hydroxyl groups is 2. The number of phenolic OH excluding ortho intramolecular Hbond substituents is 2. The molecule has 1 atom stereocenters. The minimum Gasteiger partial charge on any atom is -0.508 e. The van der Waals surface area contributed by atoms with E-state index in [9.17, 15) is 4.39 Å². The maximum Gasteiger partial charge on any atom is 0.125 e. The number of phenols is 2. The highest BCUT2D eigenvalue weighted by Gasteiger charge is 2.11. The minimum atomic E-state index is -1.33. The van der Waals surface area contributed by atoms with E-state index in [-0.39, 0.29) is 17.1 Å². The molecule has 0 heterocycles. The summed E-state index contributed by atoms with van der Waals surface area (Å²) in [5.74, 6) is -0.428. The lowest BCUT2D eigenvalue weighted by Gasteiger charge is -2.08. The van der Waals surface area contributed by atoms with Crippen LogP contribution in [0.5, 0.6) is 11.5 Å². The molecule has 1 aromatic rings. The zero-order valence-corrected chi connectivity index (χ0v) is 6.24. The van der Waals surface area contributed by atoms with Crippen LogP contribution in [0, 0.1) is 0 Å². The monoisotopic (exact) mass is 172 g/mol. The van der Waals surface area contributed by atoms with Crippen LogP contribution in [0.1, 0.15) is 11.7 Å². The Morgan fingerprint density at radius 3 is 2.50 bits per heavy atom. The summed E-state index contributed by atoms with van der Waals surface area (Å²) in [5.41, 5.74) is 0.0790. The van der Waals surface area contributed by atoms with E-state index in [0.29, 0.717) is 0 Å². The van der Waals surface area contributed by atoms with Gasteiger partial charge in [-0.1, -0.05) is 0 Å². The summed E-state index contributed by atoms with van der Waals surface area (Å²) in [6, 6.07) is 3.59. The van der Waals surface area contributed by atoms with Crippen LogP contribution in [0.2, 0.25) is 0 Å². The first-order chi connectivity index (χ1) is 5.65. The molecule has 12 heavy (non-hydrogen) atoms. The van der Waals surface area contributed by atoms with Crippen molar-refractivity contribution in [2.24, 2.45) is 0 Å². The lowest BCUT2D eigenvalue weighted by molar-refractivity contribution is 0.138. The minimum absolute atomic E-state index is 0.0790. The summed E-state index contributed by atoms with van der Waals surface area (Å²) < 4.78 is 11.9. The Hall–Kier alpha value is -1.29. The van der Waals surface area contributed by atoms with Crippen molar-refractivity contribution in [1.82, 2.24) is 0 Å². The molecule has 3 N–H and O–H groups in total. The normalized spacial score (nSPS) is 12.8. The maximum atomic E-state index is 11.9. The Balaban J connectivity index is 3.01. The highest BCUT2D eigenvalue weighted by Crippen LogP contribution is 2.27. The van der Waals surface area contributed by atoms with Crippen LogP contribution >= 0.6 is 0 Å². The summed E-state index contributed by atoms with van der Waals surface area (Å²) >= 11 is 0. The van der Waals surface area contributed by atoms with Gasteiger partial charge in [-0.05, 0) is 12.1 Å². The van der Waals surface area contributed by atoms with Gasteiger partial charge in [-0.3, -0.25) is 0 Å².